The van der Waals surface area contributed by atoms with Crippen molar-refractivity contribution < 1.29 is 54.4 Å². The van der Waals surface area contributed by atoms with Crippen molar-refractivity contribution in [2.45, 2.75) is 49.2 Å². The van der Waals surface area contributed by atoms with Crippen LogP contribution < -0.4 is 22.1 Å². The zero-order valence-corrected chi connectivity index (χ0v) is 19.9. The summed E-state index contributed by atoms with van der Waals surface area (Å²) in [6, 6.07) is -1.44. The molecule has 0 spiro atoms. The lowest BCUT2D eigenvalue weighted by Gasteiger charge is -2.36. The van der Waals surface area contributed by atoms with Crippen LogP contribution in [0.4, 0.5) is 4.79 Å². The number of hydrogen-bond donors (Lipinski definition) is 10. The molecule has 0 fully saturated rings. The monoisotopic (exact) mass is 514 g/mol. The number of nitrogens with one attached hydrogen (secondary N) is 2. The number of primary amides is 1. The number of nitrogens with two attached hydrogens (primary N) is 2. The third-order valence-corrected chi connectivity index (χ3v) is 4.98. The van der Waals surface area contributed by atoms with Crippen molar-refractivity contribution >= 4 is 11.9 Å². The Morgan fingerprint density at radius 2 is 1.14 bits per heavy atom. The molecule has 0 aliphatic heterocycles. The number of aliphatic hydroxyl groups excluding tert-OH is 6. The van der Waals surface area contributed by atoms with Crippen LogP contribution in [0.15, 0.2) is 0 Å². The second-order valence-electron chi connectivity index (χ2n) is 8.06. The minimum Gasteiger partial charge on any atom is -0.394 e. The number of amides is 3. The molecular formula is C20H42N4O11. The highest BCUT2D eigenvalue weighted by Gasteiger charge is 2.36. The van der Waals surface area contributed by atoms with Gasteiger partial charge in [-0.3, -0.25) is 4.79 Å². The molecule has 1 unspecified atom stereocenters. The van der Waals surface area contributed by atoms with Crippen LogP contribution in [-0.2, 0) is 19.0 Å². The number of carbonyl (C=O) groups is 2. The van der Waals surface area contributed by atoms with E-state index in [1.807, 2.05) is 0 Å². The standard InChI is InChI=1S/C20H42N4O11/c21-17(18(22)31)3-1-2-4-23-19(32)24-20(11-33-14(5-25)6-26,12-34-15(7-27)8-28)13-35-16(9-29)10-30/h14-17,25-30H,1-13,21H2,(H2,22,31)(H2,23,24,32). The summed E-state index contributed by atoms with van der Waals surface area (Å²) in [6.45, 7) is -3.89. The van der Waals surface area contributed by atoms with Crippen molar-refractivity contribution in [2.75, 3.05) is 66.0 Å². The van der Waals surface area contributed by atoms with Crippen LogP contribution in [0.2, 0.25) is 0 Å². The van der Waals surface area contributed by atoms with E-state index in [9.17, 15) is 40.2 Å². The highest BCUT2D eigenvalue weighted by atomic mass is 16.5. The summed E-state index contributed by atoms with van der Waals surface area (Å²) in [5.74, 6) is -0.613. The van der Waals surface area contributed by atoms with Crippen molar-refractivity contribution in [1.29, 1.82) is 0 Å². The fourth-order valence-electron chi connectivity index (χ4n) is 2.67. The van der Waals surface area contributed by atoms with E-state index in [-0.39, 0.29) is 26.4 Å². The summed E-state index contributed by atoms with van der Waals surface area (Å²) < 4.78 is 16.5. The molecule has 0 saturated carbocycles. The number of urea groups is 1. The van der Waals surface area contributed by atoms with E-state index < -0.39 is 81.5 Å². The number of ether oxygens (including phenoxy) is 3. The fourth-order valence-corrected chi connectivity index (χ4v) is 2.67. The quantitative estimate of drug-likeness (QED) is 0.0610. The van der Waals surface area contributed by atoms with Gasteiger partial charge in [0.25, 0.3) is 0 Å². The summed E-state index contributed by atoms with van der Waals surface area (Å²) in [7, 11) is 0. The van der Waals surface area contributed by atoms with Crippen LogP contribution in [-0.4, -0.2) is 138 Å². The summed E-state index contributed by atoms with van der Waals surface area (Å²) in [5.41, 5.74) is 9.19. The van der Waals surface area contributed by atoms with Crippen molar-refractivity contribution in [3.05, 3.63) is 0 Å². The fraction of sp³-hybridized carbons (Fsp3) is 0.900. The normalized spacial score (nSPS) is 13.0. The summed E-state index contributed by atoms with van der Waals surface area (Å²) in [5, 5.41) is 61.2. The second kappa shape index (κ2) is 19.5. The van der Waals surface area contributed by atoms with Gasteiger partial charge in [-0.15, -0.1) is 0 Å². The molecule has 0 aromatic carbocycles. The SMILES string of the molecule is NC(=O)C(N)CCCCNC(=O)NC(COC(CO)CO)(COC(CO)CO)COC(CO)CO. The van der Waals surface area contributed by atoms with Crippen LogP contribution >= 0.6 is 0 Å². The molecule has 208 valence electrons. The van der Waals surface area contributed by atoms with Crippen LogP contribution in [0.3, 0.4) is 0 Å². The Hall–Kier alpha value is -1.66. The Bertz CT molecular complexity index is 520. The second-order valence-corrected chi connectivity index (χ2v) is 8.06. The van der Waals surface area contributed by atoms with Gasteiger partial charge in [0, 0.05) is 6.54 Å². The molecule has 0 radical (unpaired) electrons. The molecule has 15 heteroatoms. The van der Waals surface area contributed by atoms with Gasteiger partial charge in [0.15, 0.2) is 0 Å². The Kier molecular flexibility index (Phi) is 18.6. The first kappa shape index (κ1) is 33.3. The smallest absolute Gasteiger partial charge is 0.315 e. The molecule has 0 aromatic rings. The van der Waals surface area contributed by atoms with E-state index in [1.165, 1.54) is 0 Å². The number of rotatable bonds is 22. The van der Waals surface area contributed by atoms with Gasteiger partial charge in [0.1, 0.15) is 23.9 Å². The van der Waals surface area contributed by atoms with Gasteiger partial charge in [0.2, 0.25) is 5.91 Å². The molecule has 0 heterocycles. The summed E-state index contributed by atoms with van der Waals surface area (Å²) in [4.78, 5) is 23.6. The first-order valence-electron chi connectivity index (χ1n) is 11.3. The predicted octanol–water partition coefficient (Wildman–Crippen LogP) is -4.88. The zero-order valence-electron chi connectivity index (χ0n) is 19.9. The van der Waals surface area contributed by atoms with Gasteiger partial charge in [-0.05, 0) is 19.3 Å². The Labute approximate surface area is 204 Å². The molecule has 0 saturated heterocycles. The molecule has 0 bridgehead atoms. The number of aliphatic hydroxyl groups is 6. The highest BCUT2D eigenvalue weighted by molar-refractivity contribution is 5.79. The predicted molar refractivity (Wildman–Crippen MR) is 122 cm³/mol. The lowest BCUT2D eigenvalue weighted by atomic mass is 10.0. The van der Waals surface area contributed by atoms with E-state index >= 15 is 0 Å². The third-order valence-electron chi connectivity index (χ3n) is 4.98. The lowest BCUT2D eigenvalue weighted by Crippen LogP contribution is -2.62. The van der Waals surface area contributed by atoms with Gasteiger partial charge in [-0.25, -0.2) is 4.79 Å². The van der Waals surface area contributed by atoms with Gasteiger partial charge in [0.05, 0.1) is 65.5 Å². The molecule has 0 aromatic heterocycles. The first-order chi connectivity index (χ1) is 16.7. The Balaban J connectivity index is 5.36. The van der Waals surface area contributed by atoms with Gasteiger partial charge in [-0.2, -0.15) is 0 Å². The van der Waals surface area contributed by atoms with Crippen molar-refractivity contribution in [2.24, 2.45) is 11.5 Å². The van der Waals surface area contributed by atoms with Gasteiger partial charge >= 0.3 is 6.03 Å². The van der Waals surface area contributed by atoms with E-state index in [2.05, 4.69) is 10.6 Å². The van der Waals surface area contributed by atoms with Crippen LogP contribution in [0, 0.1) is 0 Å². The maximum absolute atomic E-state index is 12.6. The van der Waals surface area contributed by atoms with Crippen molar-refractivity contribution in [3.8, 4) is 0 Å². The van der Waals surface area contributed by atoms with Crippen LogP contribution in [0.25, 0.3) is 0 Å². The Morgan fingerprint density at radius 1 is 0.743 bits per heavy atom. The molecule has 35 heavy (non-hydrogen) atoms. The average molecular weight is 515 g/mol. The van der Waals surface area contributed by atoms with Crippen LogP contribution in [0.5, 0.6) is 0 Å². The molecule has 1 atom stereocenters. The summed E-state index contributed by atoms with van der Waals surface area (Å²) >= 11 is 0. The molecule has 3 amide bonds. The van der Waals surface area contributed by atoms with Gasteiger partial charge in [-0.1, -0.05) is 0 Å². The molecule has 0 aliphatic rings. The van der Waals surface area contributed by atoms with E-state index in [1.54, 1.807) is 0 Å². The summed E-state index contributed by atoms with van der Waals surface area (Å²) in [6.07, 6.45) is -1.56. The number of carbonyl (C=O) groups excluding carboxylic acids is 2. The van der Waals surface area contributed by atoms with Crippen molar-refractivity contribution in [3.63, 3.8) is 0 Å². The van der Waals surface area contributed by atoms with Crippen molar-refractivity contribution in [1.82, 2.24) is 10.6 Å². The minimum absolute atomic E-state index is 0.220. The molecule has 0 rings (SSSR count). The van der Waals surface area contributed by atoms with Gasteiger partial charge < -0.3 is 67.0 Å². The maximum Gasteiger partial charge on any atom is 0.315 e. The van der Waals surface area contributed by atoms with Crippen LogP contribution in [0.1, 0.15) is 19.3 Å². The average Bonchev–Trinajstić information content (AvgIpc) is 2.85. The van der Waals surface area contributed by atoms with E-state index in [4.69, 9.17) is 25.7 Å². The Morgan fingerprint density at radius 3 is 1.49 bits per heavy atom. The number of hydrogen-bond acceptors (Lipinski definition) is 12. The van der Waals surface area contributed by atoms with E-state index in [0.717, 1.165) is 0 Å². The minimum atomic E-state index is -1.48. The molecule has 0 aliphatic carbocycles. The third kappa shape index (κ3) is 14.5. The van der Waals surface area contributed by atoms with E-state index in [0.29, 0.717) is 19.3 Å². The first-order valence-corrected chi connectivity index (χ1v) is 11.3. The maximum atomic E-state index is 12.6. The molecular weight excluding hydrogens is 472 g/mol. The molecule has 12 N–H and O–H groups in total. The number of unbranched alkanes of at least 4 members (excludes halogenated alkanes) is 1. The lowest BCUT2D eigenvalue weighted by molar-refractivity contribution is -0.119. The molecule has 15 nitrogen and oxygen atoms in total. The highest BCUT2D eigenvalue weighted by Crippen LogP contribution is 2.13. The topological polar surface area (TPSA) is 259 Å². The largest absolute Gasteiger partial charge is 0.394 e. The zero-order chi connectivity index (χ0) is 26.7.